The third-order valence-electron chi connectivity index (χ3n) is 7.22. The van der Waals surface area contributed by atoms with Gasteiger partial charge in [-0.2, -0.15) is 0 Å². The Morgan fingerprint density at radius 1 is 0.950 bits per heavy atom. The third-order valence-corrected chi connectivity index (χ3v) is 8.85. The van der Waals surface area contributed by atoms with Gasteiger partial charge in [-0.3, -0.25) is 13.9 Å². The number of rotatable bonds is 11. The molecule has 1 aliphatic rings. The third kappa shape index (κ3) is 8.17. The van der Waals surface area contributed by atoms with Crippen molar-refractivity contribution in [1.82, 2.24) is 10.2 Å². The van der Waals surface area contributed by atoms with Crippen LogP contribution in [-0.2, 0) is 32.6 Å². The van der Waals surface area contributed by atoms with Crippen LogP contribution in [0.1, 0.15) is 42.4 Å². The highest BCUT2D eigenvalue weighted by Crippen LogP contribution is 2.23. The lowest BCUT2D eigenvalue weighted by Gasteiger charge is -2.34. The average molecular weight is 627 g/mol. The highest BCUT2D eigenvalue weighted by Gasteiger charge is 2.34. The summed E-state index contributed by atoms with van der Waals surface area (Å²) in [6, 6.07) is 23.4. The molecule has 9 heteroatoms. The van der Waals surface area contributed by atoms with Gasteiger partial charge in [-0.05, 0) is 55.2 Å². The van der Waals surface area contributed by atoms with E-state index in [1.807, 2.05) is 73.7 Å². The van der Waals surface area contributed by atoms with Crippen molar-refractivity contribution in [2.75, 3.05) is 17.1 Å². The summed E-state index contributed by atoms with van der Waals surface area (Å²) in [4.78, 5) is 29.5. The van der Waals surface area contributed by atoms with E-state index in [1.54, 1.807) is 12.1 Å². The lowest BCUT2D eigenvalue weighted by atomic mass is 10.0. The number of sulfonamides is 1. The van der Waals surface area contributed by atoms with Gasteiger partial charge in [0.2, 0.25) is 21.8 Å². The van der Waals surface area contributed by atoms with Crippen LogP contribution in [0.4, 0.5) is 5.69 Å². The van der Waals surface area contributed by atoms with Crippen LogP contribution in [0.2, 0.25) is 0 Å². The van der Waals surface area contributed by atoms with E-state index >= 15 is 0 Å². The van der Waals surface area contributed by atoms with Gasteiger partial charge in [0.05, 0.1) is 11.9 Å². The zero-order valence-corrected chi connectivity index (χ0v) is 25.3. The zero-order valence-electron chi connectivity index (χ0n) is 22.9. The maximum absolute atomic E-state index is 14.1. The fraction of sp³-hybridized carbons (Fsp3) is 0.355. The molecule has 1 N–H and O–H groups in total. The summed E-state index contributed by atoms with van der Waals surface area (Å²) in [5, 5.41) is 3.18. The summed E-state index contributed by atoms with van der Waals surface area (Å²) >= 11 is 3.50. The van der Waals surface area contributed by atoms with Gasteiger partial charge in [0.15, 0.2) is 0 Å². The lowest BCUT2D eigenvalue weighted by molar-refractivity contribution is -0.140. The van der Waals surface area contributed by atoms with E-state index in [4.69, 9.17) is 0 Å². The number of nitrogens with zero attached hydrogens (tertiary/aromatic N) is 2. The number of aryl methyl sites for hydroxylation is 1. The van der Waals surface area contributed by atoms with E-state index in [0.29, 0.717) is 12.1 Å². The summed E-state index contributed by atoms with van der Waals surface area (Å²) in [7, 11) is -3.78. The van der Waals surface area contributed by atoms with Crippen LogP contribution in [0.5, 0.6) is 0 Å². The minimum absolute atomic E-state index is 0.0775. The number of amides is 2. The minimum atomic E-state index is -3.78. The van der Waals surface area contributed by atoms with Crippen molar-refractivity contribution in [2.24, 2.45) is 0 Å². The molecule has 1 saturated carbocycles. The molecule has 3 aromatic rings. The molecule has 7 nitrogen and oxygen atoms in total. The molecule has 1 atom stereocenters. The second-order valence-electron chi connectivity index (χ2n) is 10.5. The van der Waals surface area contributed by atoms with Crippen LogP contribution in [0.15, 0.2) is 83.3 Å². The van der Waals surface area contributed by atoms with E-state index in [0.717, 1.165) is 57.4 Å². The molecular formula is C31H36BrN3O4S. The maximum Gasteiger partial charge on any atom is 0.244 e. The van der Waals surface area contributed by atoms with E-state index in [-0.39, 0.29) is 18.5 Å². The number of hydrogen-bond donors (Lipinski definition) is 1. The normalized spacial score (nSPS) is 14.5. The Kier molecular flexibility index (Phi) is 10.0. The van der Waals surface area contributed by atoms with Gasteiger partial charge >= 0.3 is 0 Å². The number of carbonyl (C=O) groups is 2. The molecular weight excluding hydrogens is 590 g/mol. The van der Waals surface area contributed by atoms with Crippen molar-refractivity contribution in [3.05, 3.63) is 100 Å². The number of halogens is 1. The van der Waals surface area contributed by atoms with Crippen molar-refractivity contribution in [3.8, 4) is 0 Å². The quantitative estimate of drug-likeness (QED) is 0.316. The van der Waals surface area contributed by atoms with Gasteiger partial charge in [0, 0.05) is 23.5 Å². The Morgan fingerprint density at radius 3 is 2.23 bits per heavy atom. The molecule has 0 aliphatic heterocycles. The first-order chi connectivity index (χ1) is 19.1. The number of benzene rings is 3. The molecule has 4 rings (SSSR count). The number of nitrogens with one attached hydrogen (secondary N) is 1. The standard InChI is InChI=1S/C31H36BrN3O4S/c1-23-15-17-28(18-16-23)35(40(2,38)39)22-30(36)34(21-25-11-8-12-26(32)19-25)29(20-24-9-4-3-5-10-24)31(37)33-27-13-6-7-14-27/h3-5,8-12,15-19,27,29H,6-7,13-14,20-22H2,1-2H3,(H,33,37). The van der Waals surface area contributed by atoms with Gasteiger partial charge in [0.25, 0.3) is 0 Å². The summed E-state index contributed by atoms with van der Waals surface area (Å²) < 4.78 is 27.7. The molecule has 1 aliphatic carbocycles. The fourth-order valence-electron chi connectivity index (χ4n) is 5.08. The molecule has 212 valence electrons. The zero-order chi connectivity index (χ0) is 28.7. The first-order valence-electron chi connectivity index (χ1n) is 13.5. The fourth-order valence-corrected chi connectivity index (χ4v) is 6.37. The lowest BCUT2D eigenvalue weighted by Crippen LogP contribution is -2.54. The topological polar surface area (TPSA) is 86.8 Å². The molecule has 0 radical (unpaired) electrons. The van der Waals surface area contributed by atoms with Crippen molar-refractivity contribution in [1.29, 1.82) is 0 Å². The maximum atomic E-state index is 14.1. The van der Waals surface area contributed by atoms with E-state index in [2.05, 4.69) is 21.2 Å². The van der Waals surface area contributed by atoms with Crippen LogP contribution < -0.4 is 9.62 Å². The van der Waals surface area contributed by atoms with Crippen LogP contribution in [0, 0.1) is 6.92 Å². The van der Waals surface area contributed by atoms with E-state index < -0.39 is 28.5 Å². The van der Waals surface area contributed by atoms with Crippen LogP contribution in [-0.4, -0.2) is 50.0 Å². The Morgan fingerprint density at radius 2 is 1.60 bits per heavy atom. The summed E-state index contributed by atoms with van der Waals surface area (Å²) in [5.41, 5.74) is 3.13. The van der Waals surface area contributed by atoms with E-state index in [1.165, 1.54) is 4.90 Å². The van der Waals surface area contributed by atoms with Crippen molar-refractivity contribution >= 4 is 43.5 Å². The minimum Gasteiger partial charge on any atom is -0.352 e. The molecule has 0 spiro atoms. The van der Waals surface area contributed by atoms with E-state index in [9.17, 15) is 18.0 Å². The number of hydrogen-bond acceptors (Lipinski definition) is 4. The predicted octanol–water partition coefficient (Wildman–Crippen LogP) is 5.22. The number of carbonyl (C=O) groups excluding carboxylic acids is 2. The molecule has 3 aromatic carbocycles. The molecule has 0 heterocycles. The summed E-state index contributed by atoms with van der Waals surface area (Å²) in [6.45, 7) is 1.65. The van der Waals surface area contributed by atoms with Gasteiger partial charge in [-0.25, -0.2) is 8.42 Å². The van der Waals surface area contributed by atoms with Gasteiger partial charge in [-0.1, -0.05) is 88.9 Å². The molecule has 0 aromatic heterocycles. The molecule has 2 amide bonds. The Balaban J connectivity index is 1.72. The monoisotopic (exact) mass is 625 g/mol. The van der Waals surface area contributed by atoms with Gasteiger partial charge < -0.3 is 10.2 Å². The second-order valence-corrected chi connectivity index (χ2v) is 13.3. The largest absolute Gasteiger partial charge is 0.352 e. The highest BCUT2D eigenvalue weighted by molar-refractivity contribution is 9.10. The summed E-state index contributed by atoms with van der Waals surface area (Å²) in [5.74, 6) is -0.672. The van der Waals surface area contributed by atoms with Crippen LogP contribution >= 0.6 is 15.9 Å². The second kappa shape index (κ2) is 13.5. The smallest absolute Gasteiger partial charge is 0.244 e. The van der Waals surface area contributed by atoms with Gasteiger partial charge in [-0.15, -0.1) is 0 Å². The molecule has 1 fully saturated rings. The predicted molar refractivity (Wildman–Crippen MR) is 162 cm³/mol. The first-order valence-corrected chi connectivity index (χ1v) is 16.2. The molecule has 40 heavy (non-hydrogen) atoms. The van der Waals surface area contributed by atoms with Gasteiger partial charge in [0.1, 0.15) is 12.6 Å². The summed E-state index contributed by atoms with van der Waals surface area (Å²) in [6.07, 6.45) is 5.36. The van der Waals surface area contributed by atoms with Crippen molar-refractivity contribution in [2.45, 2.75) is 57.7 Å². The Labute approximate surface area is 245 Å². The Bertz CT molecular complexity index is 1410. The first kappa shape index (κ1) is 29.8. The van der Waals surface area contributed by atoms with Crippen molar-refractivity contribution in [3.63, 3.8) is 0 Å². The SMILES string of the molecule is Cc1ccc(N(CC(=O)N(Cc2cccc(Br)c2)C(Cc2ccccc2)C(=O)NC2CCCC2)S(C)(=O)=O)cc1. The highest BCUT2D eigenvalue weighted by atomic mass is 79.9. The van der Waals surface area contributed by atoms with Crippen LogP contribution in [0.25, 0.3) is 0 Å². The van der Waals surface area contributed by atoms with Crippen LogP contribution in [0.3, 0.4) is 0 Å². The van der Waals surface area contributed by atoms with Crippen molar-refractivity contribution < 1.29 is 18.0 Å². The molecule has 0 bridgehead atoms. The average Bonchev–Trinajstić information content (AvgIpc) is 3.43. The molecule has 1 unspecified atom stereocenters. The Hall–Kier alpha value is -3.17. The number of anilines is 1. The molecule has 0 saturated heterocycles.